The molecule has 1 heterocycles. The predicted octanol–water partition coefficient (Wildman–Crippen LogP) is 4.33. The van der Waals surface area contributed by atoms with Crippen molar-refractivity contribution in [2.24, 2.45) is 0 Å². The summed E-state index contributed by atoms with van der Waals surface area (Å²) in [7, 11) is 0. The van der Waals surface area contributed by atoms with Crippen LogP contribution in [0.2, 0.25) is 5.15 Å². The minimum absolute atomic E-state index is 0.0723. The fourth-order valence-electron chi connectivity index (χ4n) is 0.976. The molecule has 0 aliphatic carbocycles. The molecule has 0 aliphatic heterocycles. The zero-order valence-electron chi connectivity index (χ0n) is 9.36. The quantitative estimate of drug-likeness (QED) is 0.638. The number of hydrogen-bond donors (Lipinski definition) is 0. The minimum atomic E-state index is -0.271. The van der Waals surface area contributed by atoms with Crippen molar-refractivity contribution in [1.82, 2.24) is 4.98 Å². The first-order chi connectivity index (χ1) is 6.52. The molecule has 0 radical (unpaired) electrons. The lowest BCUT2D eigenvalue weighted by molar-refractivity contribution is 0.583. The zero-order valence-corrected chi connectivity index (χ0v) is 10.1. The van der Waals surface area contributed by atoms with E-state index < -0.39 is 0 Å². The second-order valence-corrected chi connectivity index (χ2v) is 3.48. The Labute approximate surface area is 90.3 Å². The zero-order chi connectivity index (χ0) is 11.3. The summed E-state index contributed by atoms with van der Waals surface area (Å²) >= 11 is 5.75. The van der Waals surface area contributed by atoms with Crippen LogP contribution in [0.15, 0.2) is 6.07 Å². The molecule has 0 spiro atoms. The average molecular weight is 218 g/mol. The Bertz CT molecular complexity index is 298. The number of hydrogen-bond acceptors (Lipinski definition) is 1. The third-order valence-electron chi connectivity index (χ3n) is 1.68. The van der Waals surface area contributed by atoms with Crippen molar-refractivity contribution in [3.05, 3.63) is 28.3 Å². The van der Waals surface area contributed by atoms with Crippen molar-refractivity contribution in [3.8, 4) is 0 Å². The molecule has 0 unspecified atom stereocenters. The molecule has 0 saturated heterocycles. The van der Waals surface area contributed by atoms with Crippen LogP contribution in [0, 0.1) is 12.7 Å². The first-order valence-electron chi connectivity index (χ1n) is 4.85. The highest BCUT2D eigenvalue weighted by atomic mass is 35.5. The largest absolute Gasteiger partial charge is 0.238 e. The topological polar surface area (TPSA) is 12.9 Å². The van der Waals surface area contributed by atoms with E-state index in [4.69, 9.17) is 11.6 Å². The van der Waals surface area contributed by atoms with Crippen LogP contribution < -0.4 is 0 Å². The number of rotatable bonds is 1. The third-order valence-corrected chi connectivity index (χ3v) is 2.06. The van der Waals surface area contributed by atoms with Crippen LogP contribution in [-0.4, -0.2) is 4.98 Å². The van der Waals surface area contributed by atoms with Gasteiger partial charge in [-0.25, -0.2) is 9.37 Å². The lowest BCUT2D eigenvalue weighted by Gasteiger charge is -2.07. The Morgan fingerprint density at radius 1 is 1.36 bits per heavy atom. The summed E-state index contributed by atoms with van der Waals surface area (Å²) in [4.78, 5) is 3.96. The number of pyridine rings is 1. The van der Waals surface area contributed by atoms with Gasteiger partial charge in [0.1, 0.15) is 11.0 Å². The molecule has 0 aromatic carbocycles. The van der Waals surface area contributed by atoms with Gasteiger partial charge in [-0.2, -0.15) is 0 Å². The molecule has 1 aromatic heterocycles. The van der Waals surface area contributed by atoms with Crippen LogP contribution in [0.5, 0.6) is 0 Å². The monoisotopic (exact) mass is 217 g/mol. The number of aryl methyl sites for hydroxylation is 1. The second-order valence-electron chi connectivity index (χ2n) is 3.12. The summed E-state index contributed by atoms with van der Waals surface area (Å²) in [6, 6.07) is 1.42. The fourth-order valence-corrected chi connectivity index (χ4v) is 1.12. The van der Waals surface area contributed by atoms with Gasteiger partial charge in [0, 0.05) is 0 Å². The van der Waals surface area contributed by atoms with Gasteiger partial charge >= 0.3 is 0 Å². The smallest absolute Gasteiger partial charge is 0.145 e. The van der Waals surface area contributed by atoms with Crippen LogP contribution >= 0.6 is 11.6 Å². The molecule has 0 aliphatic rings. The summed E-state index contributed by atoms with van der Waals surface area (Å²) in [5, 5.41) is 0.389. The summed E-state index contributed by atoms with van der Waals surface area (Å²) < 4.78 is 13.2. The molecule has 0 atom stereocenters. The van der Waals surface area contributed by atoms with Gasteiger partial charge in [-0.15, -0.1) is 0 Å². The molecular weight excluding hydrogens is 201 g/mol. The summed E-state index contributed by atoms with van der Waals surface area (Å²) in [6.07, 6.45) is 0. The summed E-state index contributed by atoms with van der Waals surface area (Å²) in [5.41, 5.74) is 1.11. The van der Waals surface area contributed by atoms with E-state index >= 15 is 0 Å². The van der Waals surface area contributed by atoms with E-state index in [-0.39, 0.29) is 11.7 Å². The molecule has 0 amide bonds. The van der Waals surface area contributed by atoms with Gasteiger partial charge < -0.3 is 0 Å². The van der Waals surface area contributed by atoms with E-state index in [1.807, 2.05) is 27.7 Å². The van der Waals surface area contributed by atoms with Crippen molar-refractivity contribution < 1.29 is 4.39 Å². The fraction of sp³-hybridized carbons (Fsp3) is 0.545. The maximum atomic E-state index is 13.2. The standard InChI is InChI=1S/C9H11ClFN.C2H6/c1-5(2)8-7(11)4-6(3)9(10)12-8;1-2/h4-5H,1-3H3;1-2H3. The molecular formula is C11H17ClFN. The van der Waals surface area contributed by atoms with E-state index in [1.165, 1.54) is 6.07 Å². The first-order valence-corrected chi connectivity index (χ1v) is 5.22. The van der Waals surface area contributed by atoms with Gasteiger partial charge in [-0.05, 0) is 24.5 Å². The minimum Gasteiger partial charge on any atom is -0.238 e. The molecule has 0 N–H and O–H groups in total. The highest BCUT2D eigenvalue weighted by molar-refractivity contribution is 6.30. The van der Waals surface area contributed by atoms with E-state index in [2.05, 4.69) is 4.98 Å². The molecule has 0 saturated carbocycles. The Morgan fingerprint density at radius 2 is 1.86 bits per heavy atom. The van der Waals surface area contributed by atoms with Crippen molar-refractivity contribution in [1.29, 1.82) is 0 Å². The SMILES string of the molecule is CC.Cc1cc(F)c(C(C)C)nc1Cl. The highest BCUT2D eigenvalue weighted by Gasteiger charge is 2.10. The maximum Gasteiger partial charge on any atom is 0.145 e. The van der Waals surface area contributed by atoms with E-state index in [0.717, 1.165) is 0 Å². The lowest BCUT2D eigenvalue weighted by atomic mass is 10.1. The van der Waals surface area contributed by atoms with Crippen molar-refractivity contribution in [3.63, 3.8) is 0 Å². The van der Waals surface area contributed by atoms with E-state index in [9.17, 15) is 4.39 Å². The molecule has 0 fully saturated rings. The molecule has 1 aromatic rings. The molecule has 0 bridgehead atoms. The number of nitrogens with zero attached hydrogens (tertiary/aromatic N) is 1. The Morgan fingerprint density at radius 3 is 2.29 bits per heavy atom. The number of aromatic nitrogens is 1. The maximum absolute atomic E-state index is 13.2. The highest BCUT2D eigenvalue weighted by Crippen LogP contribution is 2.21. The Hall–Kier alpha value is -0.630. The van der Waals surface area contributed by atoms with E-state index in [0.29, 0.717) is 16.4 Å². The van der Waals surface area contributed by atoms with Crippen LogP contribution in [0.25, 0.3) is 0 Å². The van der Waals surface area contributed by atoms with Gasteiger partial charge in [0.2, 0.25) is 0 Å². The van der Waals surface area contributed by atoms with Crippen molar-refractivity contribution in [2.75, 3.05) is 0 Å². The molecule has 1 nitrogen and oxygen atoms in total. The van der Waals surface area contributed by atoms with Crippen molar-refractivity contribution in [2.45, 2.75) is 40.5 Å². The molecule has 1 rings (SSSR count). The van der Waals surface area contributed by atoms with Gasteiger partial charge in [-0.3, -0.25) is 0 Å². The number of halogens is 2. The normalized spacial score (nSPS) is 9.71. The van der Waals surface area contributed by atoms with Gasteiger partial charge in [0.25, 0.3) is 0 Å². The van der Waals surface area contributed by atoms with Gasteiger partial charge in [-0.1, -0.05) is 39.3 Å². The van der Waals surface area contributed by atoms with E-state index in [1.54, 1.807) is 6.92 Å². The summed E-state index contributed by atoms with van der Waals surface area (Å²) in [6.45, 7) is 9.51. The van der Waals surface area contributed by atoms with Crippen LogP contribution in [0.3, 0.4) is 0 Å². The second kappa shape index (κ2) is 5.97. The van der Waals surface area contributed by atoms with Gasteiger partial charge in [0.05, 0.1) is 5.69 Å². The van der Waals surface area contributed by atoms with Crippen LogP contribution in [0.4, 0.5) is 4.39 Å². The summed E-state index contributed by atoms with van der Waals surface area (Å²) in [5.74, 6) is -0.199. The van der Waals surface area contributed by atoms with Crippen molar-refractivity contribution >= 4 is 11.6 Å². The Balaban J connectivity index is 0.000000791. The average Bonchev–Trinajstić information content (AvgIpc) is 2.14. The Kier molecular flexibility index (Phi) is 5.70. The third kappa shape index (κ3) is 3.26. The lowest BCUT2D eigenvalue weighted by Crippen LogP contribution is -1.99. The van der Waals surface area contributed by atoms with Gasteiger partial charge in [0.15, 0.2) is 0 Å². The molecule has 80 valence electrons. The predicted molar refractivity (Wildman–Crippen MR) is 59.4 cm³/mol. The first kappa shape index (κ1) is 13.4. The molecule has 3 heteroatoms. The van der Waals surface area contributed by atoms with Crippen LogP contribution in [-0.2, 0) is 0 Å². The van der Waals surface area contributed by atoms with Crippen LogP contribution in [0.1, 0.15) is 44.9 Å². The molecule has 14 heavy (non-hydrogen) atoms.